The lowest BCUT2D eigenvalue weighted by molar-refractivity contribution is 0.495. The summed E-state index contributed by atoms with van der Waals surface area (Å²) in [4.78, 5) is 5.29. The van der Waals surface area contributed by atoms with Gasteiger partial charge in [-0.25, -0.2) is 9.37 Å². The van der Waals surface area contributed by atoms with Gasteiger partial charge in [0.2, 0.25) is 0 Å². The van der Waals surface area contributed by atoms with Gasteiger partial charge >= 0.3 is 0 Å². The van der Waals surface area contributed by atoms with E-state index in [2.05, 4.69) is 10.3 Å². The van der Waals surface area contributed by atoms with Crippen LogP contribution in [-0.2, 0) is 13.6 Å². The average Bonchev–Trinajstić information content (AvgIpc) is 2.82. The van der Waals surface area contributed by atoms with Gasteiger partial charge in [-0.2, -0.15) is 0 Å². The van der Waals surface area contributed by atoms with E-state index in [1.165, 1.54) is 11.0 Å². The van der Waals surface area contributed by atoms with E-state index < -0.39 is 0 Å². The van der Waals surface area contributed by atoms with E-state index in [1.807, 2.05) is 23.9 Å². The van der Waals surface area contributed by atoms with Crippen LogP contribution in [0.5, 0.6) is 0 Å². The summed E-state index contributed by atoms with van der Waals surface area (Å²) in [6.07, 6.45) is 4.68. The van der Waals surface area contributed by atoms with Gasteiger partial charge in [-0.15, -0.1) is 11.8 Å². The van der Waals surface area contributed by atoms with Crippen molar-refractivity contribution in [2.75, 3.05) is 5.75 Å². The Bertz CT molecular complexity index is 582. The molecule has 0 radical (unpaired) electrons. The second-order valence-corrected chi connectivity index (χ2v) is 5.89. The standard InChI is InChI=1S/C14H16FN3S/c1-18-9-16-7-11(18)8-17-13-4-5-19-14-3-2-10(15)6-12(13)14/h2-3,6-7,9,13,17H,4-5,8H2,1H3/t13-/m0/s1. The SMILES string of the molecule is Cn1cncc1CN[C@H]1CCSc2ccc(F)cc21. The van der Waals surface area contributed by atoms with Crippen LogP contribution in [0.25, 0.3) is 0 Å². The third-order valence-corrected chi connectivity index (χ3v) is 4.58. The van der Waals surface area contributed by atoms with Gasteiger partial charge in [-0.3, -0.25) is 0 Å². The number of thioether (sulfide) groups is 1. The monoisotopic (exact) mass is 277 g/mol. The summed E-state index contributed by atoms with van der Waals surface area (Å²) in [5, 5.41) is 3.51. The van der Waals surface area contributed by atoms with Gasteiger partial charge in [0.15, 0.2) is 0 Å². The summed E-state index contributed by atoms with van der Waals surface area (Å²) in [6, 6.07) is 5.30. The molecular weight excluding hydrogens is 261 g/mol. The molecule has 0 unspecified atom stereocenters. The van der Waals surface area contributed by atoms with Crippen molar-refractivity contribution in [2.24, 2.45) is 7.05 Å². The van der Waals surface area contributed by atoms with Crippen molar-refractivity contribution in [3.05, 3.63) is 47.8 Å². The Morgan fingerprint density at radius 2 is 2.42 bits per heavy atom. The smallest absolute Gasteiger partial charge is 0.123 e. The van der Waals surface area contributed by atoms with Crippen molar-refractivity contribution in [2.45, 2.75) is 23.9 Å². The van der Waals surface area contributed by atoms with Crippen molar-refractivity contribution >= 4 is 11.8 Å². The number of halogens is 1. The third kappa shape index (κ3) is 2.67. The van der Waals surface area contributed by atoms with Crippen LogP contribution >= 0.6 is 11.8 Å². The molecule has 1 aromatic carbocycles. The number of fused-ring (bicyclic) bond motifs is 1. The molecule has 0 aliphatic carbocycles. The summed E-state index contributed by atoms with van der Waals surface area (Å²) < 4.78 is 15.4. The number of hydrogen-bond acceptors (Lipinski definition) is 3. The highest BCUT2D eigenvalue weighted by Crippen LogP contribution is 2.36. The van der Waals surface area contributed by atoms with Crippen molar-refractivity contribution in [1.29, 1.82) is 0 Å². The molecule has 1 N–H and O–H groups in total. The van der Waals surface area contributed by atoms with Gasteiger partial charge in [0.1, 0.15) is 5.82 Å². The van der Waals surface area contributed by atoms with Crippen LogP contribution < -0.4 is 5.32 Å². The number of hydrogen-bond donors (Lipinski definition) is 1. The summed E-state index contributed by atoms with van der Waals surface area (Å²) in [6.45, 7) is 0.752. The normalized spacial score (nSPS) is 18.3. The molecule has 100 valence electrons. The zero-order chi connectivity index (χ0) is 13.2. The first kappa shape index (κ1) is 12.7. The first-order chi connectivity index (χ1) is 9.24. The van der Waals surface area contributed by atoms with E-state index in [1.54, 1.807) is 24.2 Å². The molecule has 1 aromatic heterocycles. The lowest BCUT2D eigenvalue weighted by Crippen LogP contribution is -2.25. The first-order valence-electron chi connectivity index (χ1n) is 6.35. The van der Waals surface area contributed by atoms with E-state index in [4.69, 9.17) is 0 Å². The molecule has 2 aromatic rings. The maximum absolute atomic E-state index is 13.4. The van der Waals surface area contributed by atoms with Crippen molar-refractivity contribution in [3.8, 4) is 0 Å². The molecule has 0 fully saturated rings. The number of aryl methyl sites for hydroxylation is 1. The van der Waals surface area contributed by atoms with Crippen LogP contribution in [0.2, 0.25) is 0 Å². The van der Waals surface area contributed by atoms with Gasteiger partial charge in [0, 0.05) is 30.7 Å². The predicted octanol–water partition coefficient (Wildman–Crippen LogP) is 2.89. The third-order valence-electron chi connectivity index (χ3n) is 3.46. The number of nitrogens with zero attached hydrogens (tertiary/aromatic N) is 2. The Morgan fingerprint density at radius 1 is 1.53 bits per heavy atom. The molecular formula is C14H16FN3S. The Kier molecular flexibility index (Phi) is 3.57. The number of nitrogens with one attached hydrogen (secondary N) is 1. The van der Waals surface area contributed by atoms with Crippen LogP contribution in [0.4, 0.5) is 4.39 Å². The van der Waals surface area contributed by atoms with Crippen LogP contribution in [0.3, 0.4) is 0 Å². The zero-order valence-corrected chi connectivity index (χ0v) is 11.6. The second kappa shape index (κ2) is 5.35. The minimum atomic E-state index is -0.159. The lowest BCUT2D eigenvalue weighted by atomic mass is 10.0. The minimum absolute atomic E-state index is 0.159. The molecule has 3 nitrogen and oxygen atoms in total. The molecule has 0 saturated carbocycles. The summed E-state index contributed by atoms with van der Waals surface area (Å²) in [5.74, 6) is 0.912. The summed E-state index contributed by atoms with van der Waals surface area (Å²) in [5.41, 5.74) is 2.22. The number of imidazole rings is 1. The van der Waals surface area contributed by atoms with E-state index in [0.717, 1.165) is 30.0 Å². The number of rotatable bonds is 3. The molecule has 0 amide bonds. The van der Waals surface area contributed by atoms with Crippen molar-refractivity contribution in [1.82, 2.24) is 14.9 Å². The van der Waals surface area contributed by atoms with Gasteiger partial charge in [0.25, 0.3) is 0 Å². The molecule has 0 spiro atoms. The lowest BCUT2D eigenvalue weighted by Gasteiger charge is -2.26. The molecule has 0 bridgehead atoms. The van der Waals surface area contributed by atoms with Gasteiger partial charge in [-0.05, 0) is 35.9 Å². The van der Waals surface area contributed by atoms with Gasteiger partial charge < -0.3 is 9.88 Å². The Labute approximate surface area is 116 Å². The van der Waals surface area contributed by atoms with E-state index >= 15 is 0 Å². The van der Waals surface area contributed by atoms with E-state index in [9.17, 15) is 4.39 Å². The molecule has 2 heterocycles. The maximum atomic E-state index is 13.4. The van der Waals surface area contributed by atoms with Crippen molar-refractivity contribution in [3.63, 3.8) is 0 Å². The highest BCUT2D eigenvalue weighted by molar-refractivity contribution is 7.99. The molecule has 1 aliphatic rings. The number of benzene rings is 1. The quantitative estimate of drug-likeness (QED) is 0.935. The molecule has 5 heteroatoms. The highest BCUT2D eigenvalue weighted by atomic mass is 32.2. The van der Waals surface area contributed by atoms with E-state index in [-0.39, 0.29) is 11.9 Å². The van der Waals surface area contributed by atoms with E-state index in [0.29, 0.717) is 0 Å². The predicted molar refractivity (Wildman–Crippen MR) is 74.5 cm³/mol. The fourth-order valence-corrected chi connectivity index (χ4v) is 3.47. The van der Waals surface area contributed by atoms with Crippen LogP contribution in [0.15, 0.2) is 35.6 Å². The van der Waals surface area contributed by atoms with Gasteiger partial charge in [0.05, 0.1) is 12.0 Å². The van der Waals surface area contributed by atoms with Crippen LogP contribution in [0, 0.1) is 5.82 Å². The fourth-order valence-electron chi connectivity index (χ4n) is 2.36. The molecule has 0 saturated heterocycles. The largest absolute Gasteiger partial charge is 0.337 e. The Hall–Kier alpha value is -1.33. The Balaban J connectivity index is 1.76. The molecule has 3 rings (SSSR count). The summed E-state index contributed by atoms with van der Waals surface area (Å²) in [7, 11) is 1.98. The fraction of sp³-hybridized carbons (Fsp3) is 0.357. The van der Waals surface area contributed by atoms with Crippen LogP contribution in [0.1, 0.15) is 23.7 Å². The molecule has 1 aliphatic heterocycles. The second-order valence-electron chi connectivity index (χ2n) is 4.75. The highest BCUT2D eigenvalue weighted by Gasteiger charge is 2.21. The summed E-state index contributed by atoms with van der Waals surface area (Å²) >= 11 is 1.80. The topological polar surface area (TPSA) is 29.9 Å². The number of aromatic nitrogens is 2. The zero-order valence-electron chi connectivity index (χ0n) is 10.8. The maximum Gasteiger partial charge on any atom is 0.123 e. The molecule has 1 atom stereocenters. The van der Waals surface area contributed by atoms with Crippen LogP contribution in [-0.4, -0.2) is 15.3 Å². The van der Waals surface area contributed by atoms with Gasteiger partial charge in [-0.1, -0.05) is 0 Å². The first-order valence-corrected chi connectivity index (χ1v) is 7.33. The van der Waals surface area contributed by atoms with Crippen molar-refractivity contribution < 1.29 is 4.39 Å². The average molecular weight is 277 g/mol. The minimum Gasteiger partial charge on any atom is -0.337 e. The molecule has 19 heavy (non-hydrogen) atoms. The Morgan fingerprint density at radius 3 is 3.21 bits per heavy atom.